The Morgan fingerprint density at radius 1 is 0.571 bits per heavy atom. The van der Waals surface area contributed by atoms with Gasteiger partial charge < -0.3 is 0 Å². The van der Waals surface area contributed by atoms with E-state index in [4.69, 9.17) is 15.0 Å². The molecule has 0 saturated heterocycles. The minimum atomic E-state index is 0.406. The van der Waals surface area contributed by atoms with Crippen LogP contribution in [0, 0.1) is 17.8 Å². The molecule has 3 nitrogen and oxygen atoms in total. The van der Waals surface area contributed by atoms with Crippen molar-refractivity contribution in [3.8, 4) is 34.2 Å². The standard InChI is InChI=1S/C31H28BrN3/c32-27-8-4-7-25(16-27)30-34-28(23-5-2-1-3-6-23)33-29(35-30)24-9-11-26(12-10-24)31-17-20-13-21(18-31)15-22(14-20)19-31/h1-12,16,20-22H,13-15,17-19H2. The zero-order chi connectivity index (χ0) is 23.4. The van der Waals surface area contributed by atoms with Crippen LogP contribution in [0.1, 0.15) is 44.1 Å². The predicted molar refractivity (Wildman–Crippen MR) is 144 cm³/mol. The minimum absolute atomic E-state index is 0.406. The van der Waals surface area contributed by atoms with Crippen LogP contribution in [0.15, 0.2) is 83.3 Å². The maximum atomic E-state index is 4.92. The number of benzene rings is 3. The molecule has 8 rings (SSSR count). The highest BCUT2D eigenvalue weighted by Crippen LogP contribution is 2.60. The van der Waals surface area contributed by atoms with Gasteiger partial charge in [-0.3, -0.25) is 0 Å². The van der Waals surface area contributed by atoms with Crippen molar-refractivity contribution >= 4 is 15.9 Å². The van der Waals surface area contributed by atoms with E-state index in [1.165, 1.54) is 44.1 Å². The topological polar surface area (TPSA) is 38.7 Å². The summed E-state index contributed by atoms with van der Waals surface area (Å²) in [6.45, 7) is 0. The van der Waals surface area contributed by atoms with Gasteiger partial charge in [-0.05, 0) is 79.4 Å². The quantitative estimate of drug-likeness (QED) is 0.272. The van der Waals surface area contributed by atoms with Crippen molar-refractivity contribution in [2.24, 2.45) is 17.8 Å². The van der Waals surface area contributed by atoms with E-state index in [1.807, 2.05) is 30.3 Å². The van der Waals surface area contributed by atoms with Crippen LogP contribution in [0.2, 0.25) is 0 Å². The van der Waals surface area contributed by atoms with E-state index in [9.17, 15) is 0 Å². The van der Waals surface area contributed by atoms with E-state index >= 15 is 0 Å². The summed E-state index contributed by atoms with van der Waals surface area (Å²) in [7, 11) is 0. The third kappa shape index (κ3) is 3.92. The predicted octanol–water partition coefficient (Wildman–Crippen LogP) is 8.10. The van der Waals surface area contributed by atoms with Gasteiger partial charge in [-0.1, -0.05) is 82.7 Å². The van der Waals surface area contributed by atoms with E-state index in [-0.39, 0.29) is 0 Å². The molecule has 4 aliphatic carbocycles. The fourth-order valence-corrected chi connectivity index (χ4v) is 7.81. The van der Waals surface area contributed by atoms with Crippen molar-refractivity contribution in [1.82, 2.24) is 15.0 Å². The lowest BCUT2D eigenvalue weighted by atomic mass is 9.48. The second kappa shape index (κ2) is 8.37. The molecule has 4 bridgehead atoms. The molecule has 0 amide bonds. The van der Waals surface area contributed by atoms with Gasteiger partial charge >= 0.3 is 0 Å². The number of hydrogen-bond donors (Lipinski definition) is 0. The van der Waals surface area contributed by atoms with Crippen LogP contribution in [-0.2, 0) is 5.41 Å². The van der Waals surface area contributed by atoms with E-state index in [1.54, 1.807) is 0 Å². The summed E-state index contributed by atoms with van der Waals surface area (Å²) in [5, 5.41) is 0. The zero-order valence-electron chi connectivity index (χ0n) is 19.7. The molecule has 4 saturated carbocycles. The van der Waals surface area contributed by atoms with Crippen LogP contribution in [0.4, 0.5) is 0 Å². The highest BCUT2D eigenvalue weighted by atomic mass is 79.9. The van der Waals surface area contributed by atoms with Gasteiger partial charge in [0.15, 0.2) is 17.5 Å². The van der Waals surface area contributed by atoms with Gasteiger partial charge in [0.2, 0.25) is 0 Å². The first-order chi connectivity index (χ1) is 17.1. The Bertz CT molecular complexity index is 1340. The Balaban J connectivity index is 1.28. The first-order valence-electron chi connectivity index (χ1n) is 12.8. The highest BCUT2D eigenvalue weighted by molar-refractivity contribution is 9.10. The Labute approximate surface area is 215 Å². The molecule has 4 fully saturated rings. The van der Waals surface area contributed by atoms with E-state index < -0.39 is 0 Å². The summed E-state index contributed by atoms with van der Waals surface area (Å²) >= 11 is 3.59. The molecule has 4 aliphatic rings. The maximum absolute atomic E-state index is 4.92. The Morgan fingerprint density at radius 2 is 1.09 bits per heavy atom. The van der Waals surface area contributed by atoms with Gasteiger partial charge in [-0.25, -0.2) is 15.0 Å². The molecule has 4 heteroatoms. The number of aromatic nitrogens is 3. The molecule has 3 aromatic carbocycles. The molecular formula is C31H28BrN3. The first kappa shape index (κ1) is 21.4. The molecule has 1 aromatic heterocycles. The summed E-state index contributed by atoms with van der Waals surface area (Å²) in [6, 6.07) is 27.5. The van der Waals surface area contributed by atoms with Crippen molar-refractivity contribution in [1.29, 1.82) is 0 Å². The van der Waals surface area contributed by atoms with E-state index in [0.29, 0.717) is 17.1 Å². The number of hydrogen-bond acceptors (Lipinski definition) is 3. The van der Waals surface area contributed by atoms with E-state index in [2.05, 4.69) is 64.5 Å². The fraction of sp³-hybridized carbons (Fsp3) is 0.323. The molecule has 0 atom stereocenters. The average molecular weight is 522 g/mol. The van der Waals surface area contributed by atoms with Crippen molar-refractivity contribution in [3.05, 3.63) is 88.9 Å². The first-order valence-corrected chi connectivity index (χ1v) is 13.6. The van der Waals surface area contributed by atoms with Crippen molar-refractivity contribution < 1.29 is 0 Å². The molecule has 0 N–H and O–H groups in total. The van der Waals surface area contributed by atoms with Gasteiger partial charge in [0.25, 0.3) is 0 Å². The second-order valence-corrected chi connectivity index (χ2v) is 11.9. The van der Waals surface area contributed by atoms with Crippen LogP contribution >= 0.6 is 15.9 Å². The summed E-state index contributed by atoms with van der Waals surface area (Å²) in [5.74, 6) is 4.98. The molecule has 1 heterocycles. The summed E-state index contributed by atoms with van der Waals surface area (Å²) < 4.78 is 1.01. The molecule has 174 valence electrons. The smallest absolute Gasteiger partial charge is 0.164 e. The monoisotopic (exact) mass is 521 g/mol. The third-order valence-electron chi connectivity index (χ3n) is 8.54. The highest BCUT2D eigenvalue weighted by Gasteiger charge is 2.51. The summed E-state index contributed by atoms with van der Waals surface area (Å²) in [5.41, 5.74) is 4.96. The molecule has 35 heavy (non-hydrogen) atoms. The molecule has 0 spiro atoms. The van der Waals surface area contributed by atoms with Crippen molar-refractivity contribution in [2.45, 2.75) is 43.9 Å². The van der Waals surface area contributed by atoms with Gasteiger partial charge in [0, 0.05) is 21.2 Å². The molecule has 4 aromatic rings. The van der Waals surface area contributed by atoms with Crippen LogP contribution in [-0.4, -0.2) is 15.0 Å². The number of halogens is 1. The molecule has 0 aliphatic heterocycles. The van der Waals surface area contributed by atoms with Crippen LogP contribution in [0.25, 0.3) is 34.2 Å². The third-order valence-corrected chi connectivity index (χ3v) is 9.04. The van der Waals surface area contributed by atoms with Gasteiger partial charge in [-0.2, -0.15) is 0 Å². The van der Waals surface area contributed by atoms with Crippen LogP contribution < -0.4 is 0 Å². The van der Waals surface area contributed by atoms with Crippen molar-refractivity contribution in [3.63, 3.8) is 0 Å². The summed E-state index contributed by atoms with van der Waals surface area (Å²) in [6.07, 6.45) is 8.58. The minimum Gasteiger partial charge on any atom is -0.208 e. The van der Waals surface area contributed by atoms with Crippen LogP contribution in [0.5, 0.6) is 0 Å². The zero-order valence-corrected chi connectivity index (χ0v) is 21.3. The Kier molecular flexibility index (Phi) is 5.13. The largest absolute Gasteiger partial charge is 0.208 e. The maximum Gasteiger partial charge on any atom is 0.164 e. The Morgan fingerprint density at radius 3 is 1.66 bits per heavy atom. The van der Waals surface area contributed by atoms with Crippen molar-refractivity contribution in [2.75, 3.05) is 0 Å². The molecule has 0 unspecified atom stereocenters. The lowest BCUT2D eigenvalue weighted by Gasteiger charge is -2.57. The SMILES string of the molecule is Brc1cccc(-c2nc(-c3ccccc3)nc(-c3ccc(C45CC6CC(CC(C6)C4)C5)cc3)n2)c1. The van der Waals surface area contributed by atoms with Crippen LogP contribution in [0.3, 0.4) is 0 Å². The normalized spacial score (nSPS) is 26.7. The number of nitrogens with zero attached hydrogens (tertiary/aromatic N) is 3. The average Bonchev–Trinajstić information content (AvgIpc) is 2.88. The number of rotatable bonds is 4. The Hall–Kier alpha value is -2.85. The summed E-state index contributed by atoms with van der Waals surface area (Å²) in [4.78, 5) is 14.7. The van der Waals surface area contributed by atoms with Gasteiger partial charge in [0.1, 0.15) is 0 Å². The fourth-order valence-electron chi connectivity index (χ4n) is 7.42. The molecular weight excluding hydrogens is 494 g/mol. The lowest BCUT2D eigenvalue weighted by molar-refractivity contribution is -0.00518. The van der Waals surface area contributed by atoms with E-state index in [0.717, 1.165) is 44.7 Å². The van der Waals surface area contributed by atoms with Gasteiger partial charge in [-0.15, -0.1) is 0 Å². The second-order valence-electron chi connectivity index (χ2n) is 11.0. The van der Waals surface area contributed by atoms with Gasteiger partial charge in [0.05, 0.1) is 0 Å². The molecule has 0 radical (unpaired) electrons. The lowest BCUT2D eigenvalue weighted by Crippen LogP contribution is -2.48.